The van der Waals surface area contributed by atoms with Crippen LogP contribution in [-0.4, -0.2) is 16.1 Å². The fourth-order valence-corrected chi connectivity index (χ4v) is 2.19. The van der Waals surface area contributed by atoms with Crippen molar-refractivity contribution in [2.45, 2.75) is 0 Å². The molecule has 0 saturated heterocycles. The molecular formula is C12H7Cl3N2O2. The highest BCUT2D eigenvalue weighted by molar-refractivity contribution is 6.35. The molecule has 0 bridgehead atoms. The van der Waals surface area contributed by atoms with Crippen LogP contribution in [-0.2, 0) is 0 Å². The Bertz CT molecular complexity index is 627. The van der Waals surface area contributed by atoms with Crippen LogP contribution in [0.3, 0.4) is 0 Å². The van der Waals surface area contributed by atoms with E-state index in [-0.39, 0.29) is 10.7 Å². The van der Waals surface area contributed by atoms with E-state index in [1.807, 2.05) is 0 Å². The summed E-state index contributed by atoms with van der Waals surface area (Å²) in [6, 6.07) is 7.48. The maximum Gasteiger partial charge on any atom is 0.335 e. The van der Waals surface area contributed by atoms with Gasteiger partial charge in [0.15, 0.2) is 0 Å². The van der Waals surface area contributed by atoms with E-state index in [2.05, 4.69) is 10.3 Å². The molecule has 0 unspecified atom stereocenters. The molecule has 0 amide bonds. The number of aromatic carboxylic acids is 1. The Labute approximate surface area is 123 Å². The van der Waals surface area contributed by atoms with E-state index < -0.39 is 5.97 Å². The molecule has 2 rings (SSSR count). The Morgan fingerprint density at radius 1 is 1.05 bits per heavy atom. The number of nitrogens with one attached hydrogen (secondary N) is 1. The Balaban J connectivity index is 2.35. The minimum atomic E-state index is -1.09. The SMILES string of the molecule is O=C(O)c1cc(Cl)nc(Nc2cc(Cl)cc(Cl)c2)c1. The quantitative estimate of drug-likeness (QED) is 0.819. The number of hydrogen-bond acceptors (Lipinski definition) is 3. The monoisotopic (exact) mass is 316 g/mol. The minimum absolute atomic E-state index is 0.0376. The van der Waals surface area contributed by atoms with Gasteiger partial charge in [-0.2, -0.15) is 0 Å². The number of nitrogens with zero attached hydrogens (tertiary/aromatic N) is 1. The highest BCUT2D eigenvalue weighted by Gasteiger charge is 2.08. The number of carbonyl (C=O) groups is 1. The molecule has 4 nitrogen and oxygen atoms in total. The van der Waals surface area contributed by atoms with Gasteiger partial charge in [-0.05, 0) is 30.3 Å². The van der Waals surface area contributed by atoms with Crippen LogP contribution >= 0.6 is 34.8 Å². The average molecular weight is 318 g/mol. The summed E-state index contributed by atoms with van der Waals surface area (Å²) in [5, 5.41) is 12.8. The summed E-state index contributed by atoms with van der Waals surface area (Å²) in [4.78, 5) is 14.9. The number of hydrogen-bond donors (Lipinski definition) is 2. The van der Waals surface area contributed by atoms with E-state index in [0.717, 1.165) is 0 Å². The third-order valence-electron chi connectivity index (χ3n) is 2.18. The third-order valence-corrected chi connectivity index (χ3v) is 2.81. The molecule has 0 saturated carbocycles. The molecule has 0 radical (unpaired) electrons. The lowest BCUT2D eigenvalue weighted by atomic mass is 10.2. The van der Waals surface area contributed by atoms with Crippen LogP contribution in [0, 0.1) is 0 Å². The summed E-state index contributed by atoms with van der Waals surface area (Å²) in [7, 11) is 0. The van der Waals surface area contributed by atoms with Gasteiger partial charge in [-0.1, -0.05) is 34.8 Å². The lowest BCUT2D eigenvalue weighted by molar-refractivity contribution is 0.0697. The van der Waals surface area contributed by atoms with Crippen LogP contribution < -0.4 is 5.32 Å². The predicted octanol–water partition coefficient (Wildman–Crippen LogP) is 4.48. The summed E-state index contributed by atoms with van der Waals surface area (Å²) in [6.45, 7) is 0. The lowest BCUT2D eigenvalue weighted by Crippen LogP contribution is -2.00. The Kier molecular flexibility index (Phi) is 4.14. The van der Waals surface area contributed by atoms with E-state index in [0.29, 0.717) is 21.6 Å². The minimum Gasteiger partial charge on any atom is -0.478 e. The van der Waals surface area contributed by atoms with Crippen LogP contribution in [0.2, 0.25) is 15.2 Å². The topological polar surface area (TPSA) is 62.2 Å². The van der Waals surface area contributed by atoms with E-state index in [9.17, 15) is 4.79 Å². The number of aromatic nitrogens is 1. The number of anilines is 2. The summed E-state index contributed by atoms with van der Waals surface area (Å²) >= 11 is 17.5. The van der Waals surface area contributed by atoms with E-state index in [1.54, 1.807) is 18.2 Å². The van der Waals surface area contributed by atoms with E-state index in [4.69, 9.17) is 39.9 Å². The van der Waals surface area contributed by atoms with Crippen LogP contribution in [0.1, 0.15) is 10.4 Å². The summed E-state index contributed by atoms with van der Waals surface area (Å²) in [6.07, 6.45) is 0. The lowest BCUT2D eigenvalue weighted by Gasteiger charge is -2.08. The predicted molar refractivity (Wildman–Crippen MR) is 76.0 cm³/mol. The van der Waals surface area contributed by atoms with Crippen LogP contribution in [0.4, 0.5) is 11.5 Å². The molecule has 19 heavy (non-hydrogen) atoms. The van der Waals surface area contributed by atoms with Crippen LogP contribution in [0.25, 0.3) is 0 Å². The van der Waals surface area contributed by atoms with Crippen molar-refractivity contribution in [2.24, 2.45) is 0 Å². The third kappa shape index (κ3) is 3.73. The number of carboxylic acid groups (broad SMARTS) is 1. The fourth-order valence-electron chi connectivity index (χ4n) is 1.46. The maximum absolute atomic E-state index is 10.9. The van der Waals surface area contributed by atoms with Gasteiger partial charge < -0.3 is 10.4 Å². The van der Waals surface area contributed by atoms with Gasteiger partial charge in [0.1, 0.15) is 11.0 Å². The van der Waals surface area contributed by atoms with Crippen molar-refractivity contribution in [3.63, 3.8) is 0 Å². The number of pyridine rings is 1. The molecule has 98 valence electrons. The molecule has 1 aromatic carbocycles. The van der Waals surface area contributed by atoms with Gasteiger partial charge in [0.2, 0.25) is 0 Å². The van der Waals surface area contributed by atoms with Crippen molar-refractivity contribution in [3.8, 4) is 0 Å². The molecule has 2 aromatic rings. The van der Waals surface area contributed by atoms with Gasteiger partial charge in [0, 0.05) is 15.7 Å². The molecule has 0 aliphatic carbocycles. The van der Waals surface area contributed by atoms with Gasteiger partial charge in [0.05, 0.1) is 5.56 Å². The molecule has 1 heterocycles. The Morgan fingerprint density at radius 3 is 2.26 bits per heavy atom. The molecule has 0 fully saturated rings. The second kappa shape index (κ2) is 5.65. The van der Waals surface area contributed by atoms with Crippen molar-refractivity contribution in [2.75, 3.05) is 5.32 Å². The summed E-state index contributed by atoms with van der Waals surface area (Å²) in [5.41, 5.74) is 0.624. The summed E-state index contributed by atoms with van der Waals surface area (Å²) < 4.78 is 0. The van der Waals surface area contributed by atoms with Gasteiger partial charge >= 0.3 is 5.97 Å². The first-order valence-electron chi connectivity index (χ1n) is 5.08. The Hall–Kier alpha value is -1.49. The zero-order valence-electron chi connectivity index (χ0n) is 9.32. The fraction of sp³-hybridized carbons (Fsp3) is 0. The van der Waals surface area contributed by atoms with Crippen molar-refractivity contribution in [3.05, 3.63) is 51.1 Å². The number of rotatable bonds is 3. The van der Waals surface area contributed by atoms with Gasteiger partial charge in [-0.25, -0.2) is 9.78 Å². The zero-order chi connectivity index (χ0) is 14.0. The molecule has 7 heteroatoms. The molecule has 2 N–H and O–H groups in total. The van der Waals surface area contributed by atoms with Gasteiger partial charge in [-0.15, -0.1) is 0 Å². The van der Waals surface area contributed by atoms with Gasteiger partial charge in [0.25, 0.3) is 0 Å². The maximum atomic E-state index is 10.9. The Morgan fingerprint density at radius 2 is 1.68 bits per heavy atom. The van der Waals surface area contributed by atoms with Crippen molar-refractivity contribution < 1.29 is 9.90 Å². The second-order valence-corrected chi connectivity index (χ2v) is 4.91. The first-order chi connectivity index (χ1) is 8.94. The van der Waals surface area contributed by atoms with Gasteiger partial charge in [-0.3, -0.25) is 0 Å². The van der Waals surface area contributed by atoms with Crippen molar-refractivity contribution in [1.29, 1.82) is 0 Å². The smallest absolute Gasteiger partial charge is 0.335 e. The normalized spacial score (nSPS) is 10.3. The number of benzene rings is 1. The van der Waals surface area contributed by atoms with E-state index in [1.165, 1.54) is 12.1 Å². The molecule has 0 aliphatic rings. The molecule has 0 atom stereocenters. The largest absolute Gasteiger partial charge is 0.478 e. The van der Waals surface area contributed by atoms with Crippen molar-refractivity contribution in [1.82, 2.24) is 4.98 Å². The highest BCUT2D eigenvalue weighted by Crippen LogP contribution is 2.25. The molecule has 0 aliphatic heterocycles. The summed E-state index contributed by atoms with van der Waals surface area (Å²) in [5.74, 6) is -0.792. The number of carboxylic acids is 1. The standard InChI is InChI=1S/C12H7Cl3N2O2/c13-7-3-8(14)5-9(4-7)16-11-2-6(12(18)19)1-10(15)17-11/h1-5H,(H,16,17)(H,18,19). The van der Waals surface area contributed by atoms with E-state index >= 15 is 0 Å². The molecule has 1 aromatic heterocycles. The first kappa shape index (κ1) is 13.9. The highest BCUT2D eigenvalue weighted by atomic mass is 35.5. The average Bonchev–Trinajstić information content (AvgIpc) is 2.26. The molecular weight excluding hydrogens is 311 g/mol. The van der Waals surface area contributed by atoms with Crippen molar-refractivity contribution >= 4 is 52.3 Å². The molecule has 0 spiro atoms. The first-order valence-corrected chi connectivity index (χ1v) is 6.21. The second-order valence-electron chi connectivity index (χ2n) is 3.65. The van der Waals surface area contributed by atoms with Crippen LogP contribution in [0.15, 0.2) is 30.3 Å². The number of halogens is 3. The van der Waals surface area contributed by atoms with Crippen LogP contribution in [0.5, 0.6) is 0 Å². The zero-order valence-corrected chi connectivity index (χ0v) is 11.6.